The number of hydrogen-bond acceptors (Lipinski definition) is 4. The molecular formula is C33H51NO3. The number of ether oxygens (including phenoxy) is 2. The molecule has 0 amide bonds. The Bertz CT molecular complexity index is 972. The van der Waals surface area contributed by atoms with Crippen molar-refractivity contribution in [3.05, 3.63) is 28.8 Å². The molecule has 3 unspecified atom stereocenters. The largest absolute Gasteiger partial charge is 0.483 e. The fourth-order valence-electron chi connectivity index (χ4n) is 6.69. The Hall–Kier alpha value is -1.81. The van der Waals surface area contributed by atoms with E-state index in [1.807, 2.05) is 0 Å². The van der Waals surface area contributed by atoms with E-state index in [0.717, 1.165) is 42.9 Å². The van der Waals surface area contributed by atoms with E-state index in [9.17, 15) is 4.79 Å². The van der Waals surface area contributed by atoms with Crippen LogP contribution in [0.5, 0.6) is 11.5 Å². The monoisotopic (exact) mass is 509 g/mol. The molecule has 1 fully saturated rings. The highest BCUT2D eigenvalue weighted by molar-refractivity contribution is 5.85. The van der Waals surface area contributed by atoms with E-state index in [1.54, 1.807) is 0 Å². The molecule has 37 heavy (non-hydrogen) atoms. The molecule has 0 N–H and O–H groups in total. The lowest BCUT2D eigenvalue weighted by Gasteiger charge is -2.37. The maximum Gasteiger partial charge on any atom is 0.311 e. The molecule has 3 aliphatic rings. The summed E-state index contributed by atoms with van der Waals surface area (Å²) < 4.78 is 12.9. The second-order valence-corrected chi connectivity index (χ2v) is 12.6. The van der Waals surface area contributed by atoms with Crippen LogP contribution in [0.2, 0.25) is 0 Å². The average molecular weight is 510 g/mol. The highest BCUT2D eigenvalue weighted by atomic mass is 16.5. The maximum atomic E-state index is 13.1. The van der Waals surface area contributed by atoms with Crippen molar-refractivity contribution in [1.82, 2.24) is 4.90 Å². The quantitative estimate of drug-likeness (QED) is 0.170. The Labute approximate surface area is 226 Å². The van der Waals surface area contributed by atoms with Gasteiger partial charge in [0.1, 0.15) is 17.1 Å². The Morgan fingerprint density at radius 3 is 2.62 bits per heavy atom. The third kappa shape index (κ3) is 6.61. The van der Waals surface area contributed by atoms with Crippen molar-refractivity contribution in [3.8, 4) is 11.5 Å². The van der Waals surface area contributed by atoms with Crippen molar-refractivity contribution in [2.45, 2.75) is 124 Å². The topological polar surface area (TPSA) is 38.8 Å². The van der Waals surface area contributed by atoms with Crippen LogP contribution in [0.4, 0.5) is 0 Å². The van der Waals surface area contributed by atoms with E-state index in [0.29, 0.717) is 24.2 Å². The van der Waals surface area contributed by atoms with Crippen molar-refractivity contribution in [3.63, 3.8) is 0 Å². The number of hydrogen-bond donors (Lipinski definition) is 0. The van der Waals surface area contributed by atoms with E-state index in [1.165, 1.54) is 74.7 Å². The number of carbonyl (C=O) groups excluding carboxylic acids is 1. The van der Waals surface area contributed by atoms with Gasteiger partial charge in [0.15, 0.2) is 0 Å². The fourth-order valence-corrected chi connectivity index (χ4v) is 6.69. The minimum absolute atomic E-state index is 0.113. The molecule has 3 atom stereocenters. The molecule has 4 rings (SSSR count). The van der Waals surface area contributed by atoms with Crippen molar-refractivity contribution in [2.75, 3.05) is 19.6 Å². The number of nitrogens with zero attached hydrogens (tertiary/aromatic N) is 1. The predicted molar refractivity (Wildman–Crippen MR) is 153 cm³/mol. The molecular weight excluding hydrogens is 458 g/mol. The molecule has 0 radical (unpaired) electrons. The van der Waals surface area contributed by atoms with E-state index in [4.69, 9.17) is 9.47 Å². The third-order valence-corrected chi connectivity index (χ3v) is 9.26. The standard InChI is InChI=1S/C33H51NO3/c1-7-8-10-14-23(2)25(4)26-21-28(36-30(35)15-13-20-34-18-11-9-12-19-34)32-29(22-26)37-33(5,6)27-17-16-24(3)31(27)32/h21-25H,7-20H2,1-6H3. The number of carbonyl (C=O) groups is 1. The van der Waals surface area contributed by atoms with E-state index in [2.05, 4.69) is 58.6 Å². The zero-order valence-electron chi connectivity index (χ0n) is 24.5. The first-order valence-electron chi connectivity index (χ1n) is 15.2. The zero-order chi connectivity index (χ0) is 26.6. The van der Waals surface area contributed by atoms with Crippen molar-refractivity contribution in [2.24, 2.45) is 11.8 Å². The minimum Gasteiger partial charge on any atom is -0.483 e. The summed E-state index contributed by atoms with van der Waals surface area (Å²) in [5.41, 5.74) is 4.68. The molecule has 0 bridgehead atoms. The number of esters is 1. The van der Waals surface area contributed by atoms with Crippen LogP contribution in [0, 0.1) is 11.8 Å². The van der Waals surface area contributed by atoms with Gasteiger partial charge in [0.2, 0.25) is 0 Å². The SMILES string of the molecule is CCCCCC(C)C(C)c1cc(OC(=O)CCCN2CCCCC2)c2c(c1)OC(C)(C)C1=C2C(C)CC1. The molecule has 1 aromatic carbocycles. The van der Waals surface area contributed by atoms with Crippen molar-refractivity contribution < 1.29 is 14.3 Å². The summed E-state index contributed by atoms with van der Waals surface area (Å²) in [7, 11) is 0. The van der Waals surface area contributed by atoms with Crippen molar-refractivity contribution >= 4 is 11.5 Å². The number of fused-ring (bicyclic) bond motifs is 2. The Balaban J connectivity index is 1.58. The van der Waals surface area contributed by atoms with Gasteiger partial charge in [0.25, 0.3) is 0 Å². The van der Waals surface area contributed by atoms with Gasteiger partial charge >= 0.3 is 5.97 Å². The summed E-state index contributed by atoms with van der Waals surface area (Å²) in [4.78, 5) is 15.6. The molecule has 2 aliphatic heterocycles. The first-order chi connectivity index (χ1) is 17.7. The zero-order valence-corrected chi connectivity index (χ0v) is 24.5. The van der Waals surface area contributed by atoms with Gasteiger partial charge in [-0.3, -0.25) is 4.79 Å². The maximum absolute atomic E-state index is 13.1. The van der Waals surface area contributed by atoms with E-state index >= 15 is 0 Å². The van der Waals surface area contributed by atoms with Crippen LogP contribution in [-0.2, 0) is 4.79 Å². The molecule has 4 nitrogen and oxygen atoms in total. The van der Waals surface area contributed by atoms with Gasteiger partial charge in [-0.15, -0.1) is 0 Å². The third-order valence-electron chi connectivity index (χ3n) is 9.26. The fraction of sp³-hybridized carbons (Fsp3) is 0.727. The van der Waals surface area contributed by atoms with Crippen LogP contribution >= 0.6 is 0 Å². The lowest BCUT2D eigenvalue weighted by atomic mass is 9.81. The summed E-state index contributed by atoms with van der Waals surface area (Å²) in [5, 5.41) is 0. The smallest absolute Gasteiger partial charge is 0.311 e. The number of likely N-dealkylation sites (tertiary alicyclic amines) is 1. The first-order valence-corrected chi connectivity index (χ1v) is 15.2. The van der Waals surface area contributed by atoms with Crippen molar-refractivity contribution in [1.29, 1.82) is 0 Å². The van der Waals surface area contributed by atoms with Crippen LogP contribution in [0.15, 0.2) is 17.7 Å². The van der Waals surface area contributed by atoms with Crippen LogP contribution < -0.4 is 9.47 Å². The molecule has 2 heterocycles. The lowest BCUT2D eigenvalue weighted by molar-refractivity contribution is -0.134. The Kier molecular flexibility index (Phi) is 9.43. The molecule has 1 aliphatic carbocycles. The van der Waals surface area contributed by atoms with Crippen LogP contribution in [-0.4, -0.2) is 36.1 Å². The van der Waals surface area contributed by atoms with E-state index in [-0.39, 0.29) is 11.6 Å². The van der Waals surface area contributed by atoms with Gasteiger partial charge in [-0.05, 0) is 112 Å². The molecule has 1 aromatic rings. The van der Waals surface area contributed by atoms with Gasteiger partial charge < -0.3 is 14.4 Å². The normalized spacial score (nSPS) is 22.7. The average Bonchev–Trinajstić information content (AvgIpc) is 3.26. The van der Waals surface area contributed by atoms with Gasteiger partial charge in [-0.25, -0.2) is 0 Å². The number of rotatable bonds is 11. The molecule has 0 saturated carbocycles. The molecule has 0 spiro atoms. The van der Waals surface area contributed by atoms with Crippen LogP contribution in [0.1, 0.15) is 129 Å². The number of piperidine rings is 1. The highest BCUT2D eigenvalue weighted by Crippen LogP contribution is 2.54. The van der Waals surface area contributed by atoms with Crippen LogP contribution in [0.25, 0.3) is 5.57 Å². The molecule has 1 saturated heterocycles. The van der Waals surface area contributed by atoms with Gasteiger partial charge in [0, 0.05) is 6.42 Å². The lowest BCUT2D eigenvalue weighted by Crippen LogP contribution is -2.34. The molecule has 4 heteroatoms. The summed E-state index contributed by atoms with van der Waals surface area (Å²) in [6, 6.07) is 4.42. The highest BCUT2D eigenvalue weighted by Gasteiger charge is 2.42. The van der Waals surface area contributed by atoms with Gasteiger partial charge in [-0.2, -0.15) is 0 Å². The number of benzene rings is 1. The number of allylic oxidation sites excluding steroid dienone is 1. The van der Waals surface area contributed by atoms with Gasteiger partial charge in [-0.1, -0.05) is 59.8 Å². The number of unbranched alkanes of at least 4 members (excludes halogenated alkanes) is 2. The van der Waals surface area contributed by atoms with Crippen LogP contribution in [0.3, 0.4) is 0 Å². The Morgan fingerprint density at radius 2 is 1.89 bits per heavy atom. The second-order valence-electron chi connectivity index (χ2n) is 12.6. The first kappa shape index (κ1) is 28.2. The summed E-state index contributed by atoms with van der Waals surface area (Å²) in [6.45, 7) is 17.0. The predicted octanol–water partition coefficient (Wildman–Crippen LogP) is 8.53. The van der Waals surface area contributed by atoms with E-state index < -0.39 is 0 Å². The second kappa shape index (κ2) is 12.4. The van der Waals surface area contributed by atoms with Gasteiger partial charge in [0.05, 0.1) is 5.56 Å². The summed E-state index contributed by atoms with van der Waals surface area (Å²) >= 11 is 0. The summed E-state index contributed by atoms with van der Waals surface area (Å²) in [5.74, 6) is 2.90. The molecule has 206 valence electrons. The minimum atomic E-state index is -0.322. The summed E-state index contributed by atoms with van der Waals surface area (Å²) in [6.07, 6.45) is 12.4. The molecule has 0 aromatic heterocycles. The Morgan fingerprint density at radius 1 is 1.14 bits per heavy atom.